The fraction of sp³-hybridized carbons (Fsp3) is 0.409. The molecule has 1 aliphatic heterocycles. The summed E-state index contributed by atoms with van der Waals surface area (Å²) >= 11 is 1.70. The predicted octanol–water partition coefficient (Wildman–Crippen LogP) is 4.67. The SMILES string of the molecule is CC(C)(C)c1ccc(Sc2ccccc2O[C@H]2CCN(CC(=O)O)C2)cc1. The second kappa shape index (κ2) is 8.36. The van der Waals surface area contributed by atoms with E-state index in [0.717, 1.165) is 23.6 Å². The molecule has 144 valence electrons. The summed E-state index contributed by atoms with van der Waals surface area (Å²) in [5, 5.41) is 8.94. The first-order chi connectivity index (χ1) is 12.8. The monoisotopic (exact) mass is 385 g/mol. The van der Waals surface area contributed by atoms with Crippen LogP contribution in [0.1, 0.15) is 32.8 Å². The van der Waals surface area contributed by atoms with Gasteiger partial charge in [0.15, 0.2) is 0 Å². The van der Waals surface area contributed by atoms with E-state index in [1.807, 2.05) is 23.1 Å². The maximum Gasteiger partial charge on any atom is 0.317 e. The van der Waals surface area contributed by atoms with E-state index in [9.17, 15) is 4.79 Å². The second-order valence-electron chi connectivity index (χ2n) is 7.98. The van der Waals surface area contributed by atoms with E-state index in [0.29, 0.717) is 6.54 Å². The highest BCUT2D eigenvalue weighted by molar-refractivity contribution is 7.99. The summed E-state index contributed by atoms with van der Waals surface area (Å²) < 4.78 is 6.21. The van der Waals surface area contributed by atoms with Gasteiger partial charge in [0.1, 0.15) is 11.9 Å². The summed E-state index contributed by atoms with van der Waals surface area (Å²) in [5.74, 6) is 0.0786. The van der Waals surface area contributed by atoms with Gasteiger partial charge in [-0.2, -0.15) is 0 Å². The van der Waals surface area contributed by atoms with Gasteiger partial charge in [-0.05, 0) is 41.7 Å². The van der Waals surface area contributed by atoms with Crippen LogP contribution in [-0.2, 0) is 10.2 Å². The van der Waals surface area contributed by atoms with E-state index in [1.54, 1.807) is 11.8 Å². The third-order valence-corrected chi connectivity index (χ3v) is 5.74. The third-order valence-electron chi connectivity index (χ3n) is 4.68. The number of aliphatic carboxylic acids is 1. The van der Waals surface area contributed by atoms with Crippen molar-refractivity contribution in [2.45, 2.75) is 48.5 Å². The molecule has 1 atom stereocenters. The summed E-state index contributed by atoms with van der Waals surface area (Å²) in [6, 6.07) is 16.8. The smallest absolute Gasteiger partial charge is 0.317 e. The molecule has 0 unspecified atom stereocenters. The van der Waals surface area contributed by atoms with Gasteiger partial charge in [0.05, 0.1) is 11.4 Å². The Labute approximate surface area is 165 Å². The van der Waals surface area contributed by atoms with Crippen LogP contribution in [0.3, 0.4) is 0 Å². The van der Waals surface area contributed by atoms with E-state index in [-0.39, 0.29) is 18.1 Å². The van der Waals surface area contributed by atoms with Crippen LogP contribution in [0.4, 0.5) is 0 Å². The zero-order valence-corrected chi connectivity index (χ0v) is 17.0. The topological polar surface area (TPSA) is 49.8 Å². The van der Waals surface area contributed by atoms with Crippen LogP contribution in [0, 0.1) is 0 Å². The first-order valence-corrected chi connectivity index (χ1v) is 10.1. The molecule has 1 fully saturated rings. The number of carbonyl (C=O) groups is 1. The minimum atomic E-state index is -0.787. The molecule has 3 rings (SSSR count). The average molecular weight is 386 g/mol. The molecule has 0 bridgehead atoms. The van der Waals surface area contributed by atoms with Crippen LogP contribution in [0.15, 0.2) is 58.3 Å². The van der Waals surface area contributed by atoms with Gasteiger partial charge < -0.3 is 9.84 Å². The zero-order valence-electron chi connectivity index (χ0n) is 16.1. The fourth-order valence-electron chi connectivity index (χ4n) is 3.19. The molecule has 27 heavy (non-hydrogen) atoms. The lowest BCUT2D eigenvalue weighted by atomic mass is 9.87. The molecule has 1 N–H and O–H groups in total. The Bertz CT molecular complexity index is 783. The van der Waals surface area contributed by atoms with Gasteiger partial charge in [-0.25, -0.2) is 0 Å². The molecule has 1 aliphatic rings. The fourth-order valence-corrected chi connectivity index (χ4v) is 4.08. The molecule has 0 radical (unpaired) electrons. The van der Waals surface area contributed by atoms with Crippen molar-refractivity contribution in [3.8, 4) is 5.75 Å². The van der Waals surface area contributed by atoms with E-state index in [2.05, 4.69) is 51.1 Å². The van der Waals surface area contributed by atoms with Crippen molar-refractivity contribution in [3.63, 3.8) is 0 Å². The highest BCUT2D eigenvalue weighted by Gasteiger charge is 2.26. The number of likely N-dealkylation sites (tertiary alicyclic amines) is 1. The highest BCUT2D eigenvalue weighted by Crippen LogP contribution is 2.36. The Morgan fingerprint density at radius 2 is 1.89 bits per heavy atom. The number of para-hydroxylation sites is 1. The Kier molecular flexibility index (Phi) is 6.12. The maximum absolute atomic E-state index is 10.9. The standard InChI is InChI=1S/C22H27NO3S/c1-22(2,3)16-8-10-18(11-9-16)27-20-7-5-4-6-19(20)26-17-12-13-23(14-17)15-21(24)25/h4-11,17H,12-15H2,1-3H3,(H,24,25)/t17-/m0/s1. The molecule has 5 heteroatoms. The lowest BCUT2D eigenvalue weighted by molar-refractivity contribution is -0.138. The molecule has 0 amide bonds. The minimum absolute atomic E-state index is 0.0365. The van der Waals surface area contributed by atoms with E-state index in [4.69, 9.17) is 9.84 Å². The van der Waals surface area contributed by atoms with Gasteiger partial charge in [-0.15, -0.1) is 0 Å². The molecule has 2 aromatic rings. The van der Waals surface area contributed by atoms with Gasteiger partial charge in [-0.1, -0.05) is 56.8 Å². The van der Waals surface area contributed by atoms with Crippen molar-refractivity contribution < 1.29 is 14.6 Å². The molecule has 2 aromatic carbocycles. The van der Waals surface area contributed by atoms with Crippen LogP contribution >= 0.6 is 11.8 Å². The molecule has 0 aromatic heterocycles. The number of hydrogen-bond acceptors (Lipinski definition) is 4. The van der Waals surface area contributed by atoms with Crippen molar-refractivity contribution in [1.29, 1.82) is 0 Å². The van der Waals surface area contributed by atoms with Gasteiger partial charge in [0.25, 0.3) is 0 Å². The highest BCUT2D eigenvalue weighted by atomic mass is 32.2. The van der Waals surface area contributed by atoms with Gasteiger partial charge in [-0.3, -0.25) is 9.69 Å². The van der Waals surface area contributed by atoms with Crippen LogP contribution in [0.2, 0.25) is 0 Å². The van der Waals surface area contributed by atoms with E-state index < -0.39 is 5.97 Å². The average Bonchev–Trinajstić information content (AvgIpc) is 3.02. The lowest BCUT2D eigenvalue weighted by Crippen LogP contribution is -2.29. The number of hydrogen-bond donors (Lipinski definition) is 1. The quantitative estimate of drug-likeness (QED) is 0.783. The first-order valence-electron chi connectivity index (χ1n) is 9.29. The molecule has 0 spiro atoms. The minimum Gasteiger partial charge on any atom is -0.488 e. The zero-order chi connectivity index (χ0) is 19.4. The summed E-state index contributed by atoms with van der Waals surface area (Å²) in [6.07, 6.45) is 0.890. The molecular weight excluding hydrogens is 358 g/mol. The number of carboxylic acid groups (broad SMARTS) is 1. The third kappa shape index (κ3) is 5.50. The van der Waals surface area contributed by atoms with Gasteiger partial charge in [0, 0.05) is 18.0 Å². The summed E-state index contributed by atoms with van der Waals surface area (Å²) in [4.78, 5) is 15.1. The molecule has 4 nitrogen and oxygen atoms in total. The van der Waals surface area contributed by atoms with Crippen LogP contribution in [0.25, 0.3) is 0 Å². The predicted molar refractivity (Wildman–Crippen MR) is 109 cm³/mol. The Morgan fingerprint density at radius 3 is 2.56 bits per heavy atom. The number of ether oxygens (including phenoxy) is 1. The molecule has 0 saturated carbocycles. The van der Waals surface area contributed by atoms with Crippen molar-refractivity contribution in [1.82, 2.24) is 4.90 Å². The van der Waals surface area contributed by atoms with E-state index >= 15 is 0 Å². The van der Waals surface area contributed by atoms with E-state index in [1.165, 1.54) is 10.5 Å². The Morgan fingerprint density at radius 1 is 1.19 bits per heavy atom. The van der Waals surface area contributed by atoms with Crippen molar-refractivity contribution >= 4 is 17.7 Å². The largest absolute Gasteiger partial charge is 0.488 e. The summed E-state index contributed by atoms with van der Waals surface area (Å²) in [6.45, 7) is 8.15. The van der Waals surface area contributed by atoms with Gasteiger partial charge >= 0.3 is 5.97 Å². The normalized spacial score (nSPS) is 17.8. The molecule has 0 aliphatic carbocycles. The van der Waals surface area contributed by atoms with Crippen LogP contribution in [-0.4, -0.2) is 41.7 Å². The van der Waals surface area contributed by atoms with Crippen molar-refractivity contribution in [2.75, 3.05) is 19.6 Å². The number of rotatable bonds is 6. The lowest BCUT2D eigenvalue weighted by Gasteiger charge is -2.19. The maximum atomic E-state index is 10.9. The summed E-state index contributed by atoms with van der Waals surface area (Å²) in [5.41, 5.74) is 1.47. The van der Waals surface area contributed by atoms with Crippen LogP contribution < -0.4 is 4.74 Å². The number of nitrogens with zero attached hydrogens (tertiary/aromatic N) is 1. The Balaban J connectivity index is 1.67. The van der Waals surface area contributed by atoms with Crippen molar-refractivity contribution in [3.05, 3.63) is 54.1 Å². The molecule has 1 heterocycles. The van der Waals surface area contributed by atoms with Crippen molar-refractivity contribution in [2.24, 2.45) is 0 Å². The summed E-state index contributed by atoms with van der Waals surface area (Å²) in [7, 11) is 0. The number of carboxylic acids is 1. The van der Waals surface area contributed by atoms with Gasteiger partial charge in [0.2, 0.25) is 0 Å². The number of benzene rings is 2. The molecular formula is C22H27NO3S. The second-order valence-corrected chi connectivity index (χ2v) is 9.10. The van der Waals surface area contributed by atoms with Crippen LogP contribution in [0.5, 0.6) is 5.75 Å². The Hall–Kier alpha value is -1.98. The molecule has 1 saturated heterocycles. The first kappa shape index (κ1) is 19.8.